The zero-order chi connectivity index (χ0) is 14.6. The highest BCUT2D eigenvalue weighted by Gasteiger charge is 2.17. The Balaban J connectivity index is 1.93. The predicted molar refractivity (Wildman–Crippen MR) is 83.4 cm³/mol. The SMILES string of the molecule is Cc1cc(Br)ccc1S(=O)(=O)NCCN1CCNCC1. The molecule has 0 spiro atoms. The first kappa shape index (κ1) is 15.9. The van der Waals surface area contributed by atoms with E-state index in [0.717, 1.165) is 42.8 Å². The zero-order valence-electron chi connectivity index (χ0n) is 11.5. The van der Waals surface area contributed by atoms with Gasteiger partial charge < -0.3 is 5.32 Å². The molecule has 2 N–H and O–H groups in total. The smallest absolute Gasteiger partial charge is 0.240 e. The lowest BCUT2D eigenvalue weighted by Gasteiger charge is -2.27. The molecule has 0 bridgehead atoms. The van der Waals surface area contributed by atoms with Crippen molar-refractivity contribution in [1.82, 2.24) is 14.9 Å². The van der Waals surface area contributed by atoms with Crippen LogP contribution in [0, 0.1) is 6.92 Å². The third-order valence-electron chi connectivity index (χ3n) is 3.36. The molecule has 5 nitrogen and oxygen atoms in total. The second-order valence-corrected chi connectivity index (χ2v) is 7.55. The van der Waals surface area contributed by atoms with Crippen LogP contribution >= 0.6 is 15.9 Å². The van der Waals surface area contributed by atoms with E-state index in [1.165, 1.54) is 0 Å². The summed E-state index contributed by atoms with van der Waals surface area (Å²) in [5, 5.41) is 3.28. The number of aryl methyl sites for hydroxylation is 1. The average molecular weight is 362 g/mol. The Bertz CT molecular complexity index is 557. The molecule has 20 heavy (non-hydrogen) atoms. The van der Waals surface area contributed by atoms with E-state index in [1.54, 1.807) is 19.1 Å². The van der Waals surface area contributed by atoms with Crippen molar-refractivity contribution >= 4 is 26.0 Å². The number of sulfonamides is 1. The van der Waals surface area contributed by atoms with Crippen LogP contribution < -0.4 is 10.0 Å². The van der Waals surface area contributed by atoms with E-state index in [9.17, 15) is 8.42 Å². The van der Waals surface area contributed by atoms with Gasteiger partial charge in [-0.15, -0.1) is 0 Å². The summed E-state index contributed by atoms with van der Waals surface area (Å²) in [5.74, 6) is 0. The summed E-state index contributed by atoms with van der Waals surface area (Å²) in [6.45, 7) is 6.87. The van der Waals surface area contributed by atoms with Crippen molar-refractivity contribution in [1.29, 1.82) is 0 Å². The number of nitrogens with one attached hydrogen (secondary N) is 2. The maximum absolute atomic E-state index is 12.2. The van der Waals surface area contributed by atoms with Crippen molar-refractivity contribution in [3.63, 3.8) is 0 Å². The summed E-state index contributed by atoms with van der Waals surface area (Å²) in [4.78, 5) is 2.61. The van der Waals surface area contributed by atoms with Gasteiger partial charge in [0, 0.05) is 43.7 Å². The summed E-state index contributed by atoms with van der Waals surface area (Å²) in [6.07, 6.45) is 0. The first-order valence-electron chi connectivity index (χ1n) is 6.68. The van der Waals surface area contributed by atoms with Crippen LogP contribution in [0.2, 0.25) is 0 Å². The number of halogens is 1. The number of nitrogens with zero attached hydrogens (tertiary/aromatic N) is 1. The number of rotatable bonds is 5. The van der Waals surface area contributed by atoms with Crippen LogP contribution in [0.5, 0.6) is 0 Å². The Morgan fingerprint density at radius 2 is 2.05 bits per heavy atom. The molecule has 0 unspecified atom stereocenters. The Morgan fingerprint density at radius 3 is 2.70 bits per heavy atom. The maximum atomic E-state index is 12.2. The first-order valence-corrected chi connectivity index (χ1v) is 8.95. The van der Waals surface area contributed by atoms with Crippen molar-refractivity contribution in [2.75, 3.05) is 39.3 Å². The molecule has 0 atom stereocenters. The molecule has 1 aliphatic rings. The van der Waals surface area contributed by atoms with E-state index < -0.39 is 10.0 Å². The minimum Gasteiger partial charge on any atom is -0.314 e. The van der Waals surface area contributed by atoms with E-state index in [0.29, 0.717) is 11.4 Å². The minimum absolute atomic E-state index is 0.348. The molecule has 1 heterocycles. The Kier molecular flexibility index (Phi) is 5.57. The normalized spacial score (nSPS) is 17.3. The number of hydrogen-bond acceptors (Lipinski definition) is 4. The van der Waals surface area contributed by atoms with Crippen molar-refractivity contribution < 1.29 is 8.42 Å². The zero-order valence-corrected chi connectivity index (χ0v) is 13.9. The van der Waals surface area contributed by atoms with Gasteiger partial charge in [-0.3, -0.25) is 4.90 Å². The summed E-state index contributed by atoms with van der Waals surface area (Å²) >= 11 is 3.34. The number of benzene rings is 1. The molecule has 2 rings (SSSR count). The van der Waals surface area contributed by atoms with Gasteiger partial charge in [-0.2, -0.15) is 0 Å². The van der Waals surface area contributed by atoms with Crippen molar-refractivity contribution in [2.45, 2.75) is 11.8 Å². The fourth-order valence-corrected chi connectivity index (χ4v) is 3.99. The molecule has 0 aliphatic carbocycles. The standard InChI is InChI=1S/C13H20BrN3O2S/c1-11-10-12(14)2-3-13(11)20(18,19)16-6-9-17-7-4-15-5-8-17/h2-3,10,15-16H,4-9H2,1H3. The lowest BCUT2D eigenvalue weighted by Crippen LogP contribution is -2.46. The quantitative estimate of drug-likeness (QED) is 0.819. The Morgan fingerprint density at radius 1 is 1.35 bits per heavy atom. The Hall–Kier alpha value is -0.470. The van der Waals surface area contributed by atoms with E-state index >= 15 is 0 Å². The van der Waals surface area contributed by atoms with Crippen molar-refractivity contribution in [3.05, 3.63) is 28.2 Å². The van der Waals surface area contributed by atoms with Gasteiger partial charge in [-0.1, -0.05) is 15.9 Å². The molecule has 0 amide bonds. The number of hydrogen-bond donors (Lipinski definition) is 2. The van der Waals surface area contributed by atoms with Gasteiger partial charge >= 0.3 is 0 Å². The van der Waals surface area contributed by atoms with Gasteiger partial charge in [0.2, 0.25) is 10.0 Å². The lowest BCUT2D eigenvalue weighted by atomic mass is 10.2. The van der Waals surface area contributed by atoms with Crippen LogP contribution in [0.4, 0.5) is 0 Å². The van der Waals surface area contributed by atoms with Crippen LogP contribution in [0.1, 0.15) is 5.56 Å². The Labute approximate surface area is 128 Å². The summed E-state index contributed by atoms with van der Waals surface area (Å²) < 4.78 is 28.1. The van der Waals surface area contributed by atoms with Crippen LogP contribution in [0.15, 0.2) is 27.6 Å². The summed E-state index contributed by atoms with van der Waals surface area (Å²) in [5.41, 5.74) is 0.744. The van der Waals surface area contributed by atoms with Gasteiger partial charge in [0.1, 0.15) is 0 Å². The number of piperazine rings is 1. The molecule has 1 aromatic carbocycles. The molecule has 1 aromatic rings. The molecule has 0 saturated carbocycles. The monoisotopic (exact) mass is 361 g/mol. The average Bonchev–Trinajstić information content (AvgIpc) is 2.39. The molecule has 1 aliphatic heterocycles. The maximum Gasteiger partial charge on any atom is 0.240 e. The molecular formula is C13H20BrN3O2S. The van der Waals surface area contributed by atoms with Gasteiger partial charge in [-0.05, 0) is 30.7 Å². The summed E-state index contributed by atoms with van der Waals surface area (Å²) in [7, 11) is -3.42. The molecule has 1 fully saturated rings. The molecule has 7 heteroatoms. The van der Waals surface area contributed by atoms with Gasteiger partial charge in [-0.25, -0.2) is 13.1 Å². The van der Waals surface area contributed by atoms with Gasteiger partial charge in [0.25, 0.3) is 0 Å². The van der Waals surface area contributed by atoms with E-state index in [1.807, 2.05) is 6.07 Å². The predicted octanol–water partition coefficient (Wildman–Crippen LogP) is 0.941. The van der Waals surface area contributed by atoms with E-state index in [-0.39, 0.29) is 0 Å². The molecular weight excluding hydrogens is 342 g/mol. The molecule has 0 radical (unpaired) electrons. The van der Waals surface area contributed by atoms with Gasteiger partial charge in [0.15, 0.2) is 0 Å². The highest BCUT2D eigenvalue weighted by atomic mass is 79.9. The van der Waals surface area contributed by atoms with E-state index in [4.69, 9.17) is 0 Å². The molecule has 1 saturated heterocycles. The topological polar surface area (TPSA) is 61.4 Å². The second kappa shape index (κ2) is 7.00. The largest absolute Gasteiger partial charge is 0.314 e. The highest BCUT2D eigenvalue weighted by Crippen LogP contribution is 2.19. The third-order valence-corrected chi connectivity index (χ3v) is 5.47. The second-order valence-electron chi connectivity index (χ2n) is 4.90. The molecule has 112 valence electrons. The highest BCUT2D eigenvalue weighted by molar-refractivity contribution is 9.10. The fraction of sp³-hybridized carbons (Fsp3) is 0.538. The van der Waals surface area contributed by atoms with Gasteiger partial charge in [0.05, 0.1) is 4.90 Å². The van der Waals surface area contributed by atoms with Crippen molar-refractivity contribution in [3.8, 4) is 0 Å². The van der Waals surface area contributed by atoms with Crippen LogP contribution in [0.3, 0.4) is 0 Å². The van der Waals surface area contributed by atoms with Crippen LogP contribution in [-0.2, 0) is 10.0 Å². The summed E-state index contributed by atoms with van der Waals surface area (Å²) in [6, 6.07) is 5.19. The minimum atomic E-state index is -3.42. The van der Waals surface area contributed by atoms with Crippen molar-refractivity contribution in [2.24, 2.45) is 0 Å². The third kappa shape index (κ3) is 4.26. The lowest BCUT2D eigenvalue weighted by molar-refractivity contribution is 0.245. The van der Waals surface area contributed by atoms with Crippen LogP contribution in [0.25, 0.3) is 0 Å². The first-order chi connectivity index (χ1) is 9.49. The fourth-order valence-electron chi connectivity index (χ4n) is 2.26. The van der Waals surface area contributed by atoms with E-state index in [2.05, 4.69) is 30.9 Å². The van der Waals surface area contributed by atoms with Crippen LogP contribution in [-0.4, -0.2) is 52.6 Å². The molecule has 0 aromatic heterocycles.